The van der Waals surface area contributed by atoms with Crippen molar-refractivity contribution in [3.05, 3.63) is 30.1 Å². The summed E-state index contributed by atoms with van der Waals surface area (Å²) >= 11 is 0. The predicted molar refractivity (Wildman–Crippen MR) is 54.2 cm³/mol. The fourth-order valence-corrected chi connectivity index (χ4v) is 1.31. The number of nitrogens with two attached hydrogens (primary N) is 1. The molecule has 0 saturated carbocycles. The zero-order valence-corrected chi connectivity index (χ0v) is 8.33. The van der Waals surface area contributed by atoms with E-state index < -0.39 is 0 Å². The molecule has 1 unspecified atom stereocenters. The van der Waals surface area contributed by atoms with Gasteiger partial charge in [0, 0.05) is 13.2 Å². The van der Waals surface area contributed by atoms with Crippen LogP contribution in [0.3, 0.4) is 0 Å². The summed E-state index contributed by atoms with van der Waals surface area (Å²) in [7, 11) is 1.91. The Morgan fingerprint density at radius 3 is 2.92 bits per heavy atom. The van der Waals surface area contributed by atoms with Gasteiger partial charge in [-0.1, -0.05) is 19.1 Å². The van der Waals surface area contributed by atoms with Crippen molar-refractivity contribution in [2.24, 2.45) is 12.8 Å². The highest BCUT2D eigenvalue weighted by Crippen LogP contribution is 2.18. The van der Waals surface area contributed by atoms with Crippen LogP contribution in [0.15, 0.2) is 24.4 Å². The summed E-state index contributed by atoms with van der Waals surface area (Å²) in [6.07, 6.45) is 3.60. The van der Waals surface area contributed by atoms with Crippen LogP contribution in [-0.4, -0.2) is 9.78 Å². The number of aryl methyl sites for hydroxylation is 1. The molecule has 0 amide bonds. The summed E-state index contributed by atoms with van der Waals surface area (Å²) in [6, 6.07) is 1.98. The topological polar surface area (TPSA) is 43.8 Å². The molecule has 3 nitrogen and oxygen atoms in total. The van der Waals surface area contributed by atoms with Crippen LogP contribution < -0.4 is 5.73 Å². The van der Waals surface area contributed by atoms with E-state index in [1.807, 2.05) is 17.8 Å². The molecule has 0 saturated heterocycles. The summed E-state index contributed by atoms with van der Waals surface area (Å²) in [4.78, 5) is 0. The van der Waals surface area contributed by atoms with Crippen molar-refractivity contribution in [1.82, 2.24) is 9.78 Å². The van der Waals surface area contributed by atoms with Gasteiger partial charge in [0.1, 0.15) is 0 Å². The average Bonchev–Trinajstić information content (AvgIpc) is 2.51. The molecule has 72 valence electrons. The van der Waals surface area contributed by atoms with Crippen LogP contribution in [0, 0.1) is 0 Å². The second kappa shape index (κ2) is 4.23. The molecule has 0 aromatic carbocycles. The van der Waals surface area contributed by atoms with Gasteiger partial charge in [-0.15, -0.1) is 0 Å². The van der Waals surface area contributed by atoms with Crippen LogP contribution in [0.4, 0.5) is 0 Å². The van der Waals surface area contributed by atoms with Crippen LogP contribution in [0.5, 0.6) is 0 Å². The lowest BCUT2D eigenvalue weighted by molar-refractivity contribution is 0.609. The van der Waals surface area contributed by atoms with Gasteiger partial charge in [-0.05, 0) is 18.9 Å². The van der Waals surface area contributed by atoms with E-state index in [0.717, 1.165) is 18.5 Å². The highest BCUT2D eigenvalue weighted by molar-refractivity contribution is 5.10. The Labute approximate surface area is 79.2 Å². The minimum Gasteiger partial charge on any atom is -0.322 e. The Bertz CT molecular complexity index is 288. The van der Waals surface area contributed by atoms with Gasteiger partial charge in [-0.25, -0.2) is 0 Å². The van der Waals surface area contributed by atoms with Crippen LogP contribution in [0.2, 0.25) is 0 Å². The molecule has 0 bridgehead atoms. The summed E-state index contributed by atoms with van der Waals surface area (Å²) in [5, 5.41) is 4.08. The van der Waals surface area contributed by atoms with Crippen molar-refractivity contribution in [2.75, 3.05) is 0 Å². The molecule has 13 heavy (non-hydrogen) atoms. The van der Waals surface area contributed by atoms with Crippen molar-refractivity contribution in [3.63, 3.8) is 0 Å². The Balaban J connectivity index is 2.63. The molecular weight excluding hydrogens is 162 g/mol. The van der Waals surface area contributed by atoms with Crippen molar-refractivity contribution < 1.29 is 0 Å². The molecule has 3 heteroatoms. The molecule has 1 aromatic rings. The summed E-state index contributed by atoms with van der Waals surface area (Å²) in [6.45, 7) is 6.04. The lowest BCUT2D eigenvalue weighted by atomic mass is 10.0. The van der Waals surface area contributed by atoms with E-state index in [4.69, 9.17) is 5.73 Å². The van der Waals surface area contributed by atoms with E-state index in [9.17, 15) is 0 Å². The fourth-order valence-electron chi connectivity index (χ4n) is 1.31. The van der Waals surface area contributed by atoms with Gasteiger partial charge in [0.2, 0.25) is 0 Å². The monoisotopic (exact) mass is 179 g/mol. The first kappa shape index (κ1) is 9.99. The molecule has 0 spiro atoms. The Kier molecular flexibility index (Phi) is 3.25. The van der Waals surface area contributed by atoms with Crippen molar-refractivity contribution in [3.8, 4) is 0 Å². The minimum atomic E-state index is 0.0277. The van der Waals surface area contributed by atoms with Gasteiger partial charge in [0.15, 0.2) is 0 Å². The lowest BCUT2D eigenvalue weighted by Gasteiger charge is -2.12. The summed E-state index contributed by atoms with van der Waals surface area (Å²) < 4.78 is 1.81. The normalized spacial score (nSPS) is 12.8. The second-order valence-corrected chi connectivity index (χ2v) is 3.29. The number of rotatable bonds is 4. The Morgan fingerprint density at radius 1 is 1.77 bits per heavy atom. The standard InChI is InChI=1S/C10H17N3/c1-4-8(2)7-9(11)10-5-6-12-13(10)3/h5-6,9H,2,4,7,11H2,1,3H3. The van der Waals surface area contributed by atoms with Gasteiger partial charge >= 0.3 is 0 Å². The lowest BCUT2D eigenvalue weighted by Crippen LogP contribution is -2.15. The number of hydrogen-bond acceptors (Lipinski definition) is 2. The fraction of sp³-hybridized carbons (Fsp3) is 0.500. The van der Waals surface area contributed by atoms with Gasteiger partial charge in [-0.2, -0.15) is 5.10 Å². The van der Waals surface area contributed by atoms with E-state index in [1.165, 1.54) is 5.57 Å². The number of nitrogens with zero attached hydrogens (tertiary/aromatic N) is 2. The van der Waals surface area contributed by atoms with Gasteiger partial charge in [0.05, 0.1) is 11.7 Å². The third-order valence-electron chi connectivity index (χ3n) is 2.25. The molecule has 0 aliphatic rings. The van der Waals surface area contributed by atoms with Gasteiger partial charge in [0.25, 0.3) is 0 Å². The highest BCUT2D eigenvalue weighted by atomic mass is 15.3. The minimum absolute atomic E-state index is 0.0277. The summed E-state index contributed by atoms with van der Waals surface area (Å²) in [5.41, 5.74) is 8.25. The van der Waals surface area contributed by atoms with Crippen LogP contribution in [0.1, 0.15) is 31.5 Å². The zero-order chi connectivity index (χ0) is 9.84. The van der Waals surface area contributed by atoms with Crippen LogP contribution in [0.25, 0.3) is 0 Å². The largest absolute Gasteiger partial charge is 0.322 e. The van der Waals surface area contributed by atoms with E-state index in [2.05, 4.69) is 18.6 Å². The molecule has 0 aliphatic heterocycles. The van der Waals surface area contributed by atoms with Crippen LogP contribution in [-0.2, 0) is 7.05 Å². The number of hydrogen-bond donors (Lipinski definition) is 1. The molecule has 1 atom stereocenters. The second-order valence-electron chi connectivity index (χ2n) is 3.29. The number of aromatic nitrogens is 2. The maximum Gasteiger partial charge on any atom is 0.0551 e. The quantitative estimate of drug-likeness (QED) is 0.716. The molecule has 2 N–H and O–H groups in total. The van der Waals surface area contributed by atoms with Crippen molar-refractivity contribution >= 4 is 0 Å². The van der Waals surface area contributed by atoms with E-state index in [-0.39, 0.29) is 6.04 Å². The molecule has 0 fully saturated rings. The molecule has 0 radical (unpaired) electrons. The third-order valence-corrected chi connectivity index (χ3v) is 2.25. The third kappa shape index (κ3) is 2.42. The molecular formula is C10H17N3. The molecule has 1 aromatic heterocycles. The summed E-state index contributed by atoms with van der Waals surface area (Å²) in [5.74, 6) is 0. The van der Waals surface area contributed by atoms with E-state index in [1.54, 1.807) is 6.20 Å². The van der Waals surface area contributed by atoms with Crippen molar-refractivity contribution in [1.29, 1.82) is 0 Å². The average molecular weight is 179 g/mol. The Morgan fingerprint density at radius 2 is 2.46 bits per heavy atom. The Hall–Kier alpha value is -1.09. The first-order chi connectivity index (χ1) is 6.15. The van der Waals surface area contributed by atoms with E-state index in [0.29, 0.717) is 0 Å². The molecule has 0 aliphatic carbocycles. The van der Waals surface area contributed by atoms with E-state index >= 15 is 0 Å². The first-order valence-electron chi connectivity index (χ1n) is 4.55. The molecule has 1 heterocycles. The van der Waals surface area contributed by atoms with Crippen molar-refractivity contribution in [2.45, 2.75) is 25.8 Å². The predicted octanol–water partition coefficient (Wildman–Crippen LogP) is 1.78. The van der Waals surface area contributed by atoms with Crippen LogP contribution >= 0.6 is 0 Å². The first-order valence-corrected chi connectivity index (χ1v) is 4.55. The maximum atomic E-state index is 6.00. The smallest absolute Gasteiger partial charge is 0.0551 e. The van der Waals surface area contributed by atoms with Gasteiger partial charge < -0.3 is 5.73 Å². The van der Waals surface area contributed by atoms with Gasteiger partial charge in [-0.3, -0.25) is 4.68 Å². The SMILES string of the molecule is C=C(CC)CC(N)c1ccnn1C. The molecule has 1 rings (SSSR count). The zero-order valence-electron chi connectivity index (χ0n) is 8.33. The highest BCUT2D eigenvalue weighted by Gasteiger charge is 2.09. The maximum absolute atomic E-state index is 6.00.